The van der Waals surface area contributed by atoms with Gasteiger partial charge in [-0.05, 0) is 37.5 Å². The molecule has 3 amide bonds. The Bertz CT molecular complexity index is 1130. The quantitative estimate of drug-likeness (QED) is 0.744. The minimum Gasteiger partial charge on any atom is -0.348 e. The van der Waals surface area contributed by atoms with Crippen LogP contribution in [0.4, 0.5) is 0 Å². The Kier molecular flexibility index (Phi) is 5.62. The van der Waals surface area contributed by atoms with Gasteiger partial charge in [0.2, 0.25) is 5.91 Å². The molecule has 2 aromatic rings. The van der Waals surface area contributed by atoms with Gasteiger partial charge in [-0.3, -0.25) is 19.2 Å². The molecule has 168 valence electrons. The number of hydrogen-bond acceptors (Lipinski definition) is 4. The van der Waals surface area contributed by atoms with Gasteiger partial charge in [0.15, 0.2) is 0 Å². The summed E-state index contributed by atoms with van der Waals surface area (Å²) in [7, 11) is 1.77. The molecule has 0 bridgehead atoms. The fourth-order valence-corrected chi connectivity index (χ4v) is 4.21. The number of aromatic nitrogens is 1. The lowest BCUT2D eigenvalue weighted by molar-refractivity contribution is -0.130. The Labute approximate surface area is 186 Å². The van der Waals surface area contributed by atoms with Gasteiger partial charge in [0, 0.05) is 40.2 Å². The Morgan fingerprint density at radius 2 is 1.75 bits per heavy atom. The Balaban J connectivity index is 1.48. The predicted molar refractivity (Wildman–Crippen MR) is 119 cm³/mol. The molecule has 2 heterocycles. The first-order chi connectivity index (χ1) is 15.2. The summed E-state index contributed by atoms with van der Waals surface area (Å²) in [5.74, 6) is -0.728. The van der Waals surface area contributed by atoms with E-state index >= 15 is 0 Å². The number of amides is 3. The molecule has 1 fully saturated rings. The number of rotatable bonds is 6. The minimum atomic E-state index is -0.459. The highest BCUT2D eigenvalue weighted by molar-refractivity contribution is 5.97. The number of likely N-dealkylation sites (N-methyl/N-ethyl adjacent to an activating group) is 1. The molecule has 2 aliphatic rings. The van der Waals surface area contributed by atoms with Gasteiger partial charge in [-0.15, -0.1) is 0 Å². The maximum absolute atomic E-state index is 13.0. The van der Waals surface area contributed by atoms with Gasteiger partial charge in [0.1, 0.15) is 11.3 Å². The second-order valence-electron chi connectivity index (χ2n) is 8.79. The molecular formula is C24H28N4O4. The van der Waals surface area contributed by atoms with Gasteiger partial charge < -0.3 is 19.7 Å². The van der Waals surface area contributed by atoms with Crippen molar-refractivity contribution < 1.29 is 14.4 Å². The van der Waals surface area contributed by atoms with Crippen molar-refractivity contribution in [2.45, 2.75) is 45.3 Å². The molecule has 32 heavy (non-hydrogen) atoms. The second kappa shape index (κ2) is 8.26. The highest BCUT2D eigenvalue weighted by Crippen LogP contribution is 2.42. The largest absolute Gasteiger partial charge is 0.348 e. The van der Waals surface area contributed by atoms with E-state index in [9.17, 15) is 19.2 Å². The van der Waals surface area contributed by atoms with Gasteiger partial charge in [-0.1, -0.05) is 29.8 Å². The van der Waals surface area contributed by atoms with Gasteiger partial charge in [0.25, 0.3) is 17.4 Å². The number of pyridine rings is 1. The fourth-order valence-electron chi connectivity index (χ4n) is 4.21. The average molecular weight is 437 g/mol. The lowest BCUT2D eigenvalue weighted by atomic mass is 10.1. The smallest absolute Gasteiger partial charge is 0.270 e. The lowest BCUT2D eigenvalue weighted by Gasteiger charge is -2.36. The molecule has 0 atom stereocenters. The van der Waals surface area contributed by atoms with E-state index in [0.29, 0.717) is 26.2 Å². The van der Waals surface area contributed by atoms with Crippen molar-refractivity contribution in [3.8, 4) is 0 Å². The highest BCUT2D eigenvalue weighted by atomic mass is 16.2. The molecule has 8 nitrogen and oxygen atoms in total. The maximum atomic E-state index is 13.0. The molecule has 1 aromatic carbocycles. The first kappa shape index (κ1) is 21.8. The van der Waals surface area contributed by atoms with Crippen molar-refractivity contribution >= 4 is 17.7 Å². The van der Waals surface area contributed by atoms with E-state index in [1.807, 2.05) is 31.2 Å². The summed E-state index contributed by atoms with van der Waals surface area (Å²) in [5, 5.41) is 2.78. The zero-order valence-corrected chi connectivity index (χ0v) is 18.7. The lowest BCUT2D eigenvalue weighted by Crippen LogP contribution is -2.52. The zero-order chi connectivity index (χ0) is 23.0. The van der Waals surface area contributed by atoms with E-state index in [0.717, 1.165) is 24.0 Å². The summed E-state index contributed by atoms with van der Waals surface area (Å²) in [4.78, 5) is 53.8. The number of hydrogen-bond donors (Lipinski definition) is 1. The van der Waals surface area contributed by atoms with Crippen LogP contribution in [0.2, 0.25) is 0 Å². The number of aryl methyl sites for hydroxylation is 1. The standard InChI is InChI=1S/C24H28N4O4/c1-16-4-6-18(7-5-16)14-25-21(30)19-8-9-20-23(32)27(12-13-28(20)22(19)31)15-24(10-11-24)26(3)17(2)29/h4-9H,10-15H2,1-3H3,(H,25,30). The van der Waals surface area contributed by atoms with Crippen LogP contribution < -0.4 is 10.9 Å². The summed E-state index contributed by atoms with van der Waals surface area (Å²) >= 11 is 0. The zero-order valence-electron chi connectivity index (χ0n) is 18.7. The number of nitrogens with one attached hydrogen (secondary N) is 1. The third-order valence-electron chi connectivity index (χ3n) is 6.59. The van der Waals surface area contributed by atoms with Crippen molar-refractivity contribution in [1.82, 2.24) is 19.7 Å². The van der Waals surface area contributed by atoms with Crippen LogP contribution >= 0.6 is 0 Å². The number of carbonyl (C=O) groups is 3. The second-order valence-corrected chi connectivity index (χ2v) is 8.79. The van der Waals surface area contributed by atoms with Crippen LogP contribution in [0.25, 0.3) is 0 Å². The van der Waals surface area contributed by atoms with Crippen molar-refractivity contribution in [2.75, 3.05) is 20.1 Å². The third-order valence-corrected chi connectivity index (χ3v) is 6.59. The number of carbonyl (C=O) groups excluding carboxylic acids is 3. The molecule has 0 saturated heterocycles. The monoisotopic (exact) mass is 436 g/mol. The van der Waals surface area contributed by atoms with Gasteiger partial charge in [-0.25, -0.2) is 0 Å². The van der Waals surface area contributed by atoms with Crippen molar-refractivity contribution in [2.24, 2.45) is 0 Å². The SMILES string of the molecule is CC(=O)N(C)C1(CN2CCn3c(ccc(C(=O)NCc4ccc(C)cc4)c3=O)C2=O)CC1. The van der Waals surface area contributed by atoms with Crippen LogP contribution in [0.5, 0.6) is 0 Å². The number of fused-ring (bicyclic) bond motifs is 1. The van der Waals surface area contributed by atoms with Crippen molar-refractivity contribution in [3.63, 3.8) is 0 Å². The van der Waals surface area contributed by atoms with Crippen LogP contribution in [0.3, 0.4) is 0 Å². The summed E-state index contributed by atoms with van der Waals surface area (Å²) < 4.78 is 1.38. The molecule has 4 rings (SSSR count). The van der Waals surface area contributed by atoms with Crippen LogP contribution in [0, 0.1) is 6.92 Å². The Hall–Kier alpha value is -3.42. The first-order valence-electron chi connectivity index (χ1n) is 10.8. The highest BCUT2D eigenvalue weighted by Gasteiger charge is 2.50. The van der Waals surface area contributed by atoms with Crippen LogP contribution in [-0.4, -0.2) is 57.8 Å². The molecule has 8 heteroatoms. The van der Waals surface area contributed by atoms with E-state index in [1.54, 1.807) is 22.9 Å². The average Bonchev–Trinajstić information content (AvgIpc) is 3.55. The van der Waals surface area contributed by atoms with E-state index in [2.05, 4.69) is 5.32 Å². The van der Waals surface area contributed by atoms with Gasteiger partial charge in [0.05, 0.1) is 5.54 Å². The normalized spacial score (nSPS) is 16.3. The molecular weight excluding hydrogens is 408 g/mol. The summed E-state index contributed by atoms with van der Waals surface area (Å²) in [6.45, 7) is 4.98. The predicted octanol–water partition coefficient (Wildman–Crippen LogP) is 1.55. The Morgan fingerprint density at radius 1 is 1.06 bits per heavy atom. The Morgan fingerprint density at radius 3 is 2.38 bits per heavy atom. The summed E-state index contributed by atoms with van der Waals surface area (Å²) in [6.07, 6.45) is 1.72. The maximum Gasteiger partial charge on any atom is 0.270 e. The molecule has 0 spiro atoms. The van der Waals surface area contributed by atoms with Crippen molar-refractivity contribution in [3.05, 3.63) is 69.1 Å². The topological polar surface area (TPSA) is 91.7 Å². The summed E-state index contributed by atoms with van der Waals surface area (Å²) in [6, 6.07) is 10.8. The van der Waals surface area contributed by atoms with E-state index in [1.165, 1.54) is 17.6 Å². The summed E-state index contributed by atoms with van der Waals surface area (Å²) in [5.41, 5.74) is 1.61. The molecule has 1 aromatic heterocycles. The van der Waals surface area contributed by atoms with E-state index < -0.39 is 11.5 Å². The molecule has 1 aliphatic carbocycles. The van der Waals surface area contributed by atoms with Crippen molar-refractivity contribution in [1.29, 1.82) is 0 Å². The van der Waals surface area contributed by atoms with Crippen LogP contribution in [0.15, 0.2) is 41.2 Å². The van der Waals surface area contributed by atoms with E-state index in [4.69, 9.17) is 0 Å². The van der Waals surface area contributed by atoms with Gasteiger partial charge >= 0.3 is 0 Å². The molecule has 1 aliphatic heterocycles. The number of nitrogens with zero attached hydrogens (tertiary/aromatic N) is 3. The third kappa shape index (κ3) is 4.04. The molecule has 0 radical (unpaired) electrons. The minimum absolute atomic E-state index is 0.0233. The molecule has 1 N–H and O–H groups in total. The van der Waals surface area contributed by atoms with Crippen LogP contribution in [-0.2, 0) is 17.9 Å². The molecule has 0 unspecified atom stereocenters. The first-order valence-corrected chi connectivity index (χ1v) is 10.8. The van der Waals surface area contributed by atoms with Crippen LogP contribution in [0.1, 0.15) is 51.7 Å². The van der Waals surface area contributed by atoms with E-state index in [-0.39, 0.29) is 28.6 Å². The fraction of sp³-hybridized carbons (Fsp3) is 0.417. The van der Waals surface area contributed by atoms with Gasteiger partial charge in [-0.2, -0.15) is 0 Å². The number of benzene rings is 1. The molecule has 1 saturated carbocycles.